The molecule has 2 atom stereocenters. The lowest BCUT2D eigenvalue weighted by molar-refractivity contribution is -0.137. The van der Waals surface area contributed by atoms with Gasteiger partial charge in [-0.1, -0.05) is 23.7 Å². The summed E-state index contributed by atoms with van der Waals surface area (Å²) in [7, 11) is 0. The number of benzene rings is 1. The van der Waals surface area contributed by atoms with Crippen LogP contribution in [0.25, 0.3) is 0 Å². The molecule has 0 saturated carbocycles. The summed E-state index contributed by atoms with van der Waals surface area (Å²) < 4.78 is 13.9. The van der Waals surface area contributed by atoms with Crippen LogP contribution in [0.1, 0.15) is 17.3 Å². The van der Waals surface area contributed by atoms with Crippen molar-refractivity contribution in [1.82, 2.24) is 15.6 Å². The summed E-state index contributed by atoms with van der Waals surface area (Å²) in [5.74, 6) is -1.32. The van der Waals surface area contributed by atoms with Gasteiger partial charge in [0, 0.05) is 11.8 Å². The first kappa shape index (κ1) is 14.9. The van der Waals surface area contributed by atoms with Gasteiger partial charge >= 0.3 is 0 Å². The number of piperazine rings is 1. The summed E-state index contributed by atoms with van der Waals surface area (Å²) in [6.45, 7) is 0. The third-order valence-corrected chi connectivity index (χ3v) is 4.28. The van der Waals surface area contributed by atoms with Crippen molar-refractivity contribution in [3.8, 4) is 0 Å². The van der Waals surface area contributed by atoms with Crippen molar-refractivity contribution >= 4 is 34.8 Å². The number of hydrogen-bond donors (Lipinski definition) is 2. The van der Waals surface area contributed by atoms with Crippen molar-refractivity contribution in [1.29, 1.82) is 0 Å². The number of halogens is 2. The number of rotatable bonds is 3. The maximum absolute atomic E-state index is 13.9. The van der Waals surface area contributed by atoms with E-state index in [1.165, 1.54) is 23.5 Å². The minimum absolute atomic E-state index is 0.0135. The number of hydrogen-bond acceptors (Lipinski definition) is 4. The standard InChI is InChI=1S/C14H11ClFN3O2S/c15-8-3-1-2-7(11(8)16)4-9-13(20)19-12(14(21)18-9)10-5-22-6-17-10/h1-3,5-6,9,12H,4H2,(H,18,21)(H,19,20). The highest BCUT2D eigenvalue weighted by atomic mass is 35.5. The molecular formula is C14H11ClFN3O2S. The van der Waals surface area contributed by atoms with Gasteiger partial charge in [0.2, 0.25) is 11.8 Å². The van der Waals surface area contributed by atoms with Gasteiger partial charge in [0.15, 0.2) is 6.04 Å². The monoisotopic (exact) mass is 339 g/mol. The Kier molecular flexibility index (Phi) is 4.08. The molecule has 0 spiro atoms. The molecule has 2 unspecified atom stereocenters. The third-order valence-electron chi connectivity index (χ3n) is 3.38. The average molecular weight is 340 g/mol. The van der Waals surface area contributed by atoms with Crippen molar-refractivity contribution in [2.45, 2.75) is 18.5 Å². The van der Waals surface area contributed by atoms with Gasteiger partial charge in [-0.2, -0.15) is 0 Å². The molecule has 1 aromatic carbocycles. The SMILES string of the molecule is O=C1NC(c2cscn2)C(=O)NC1Cc1cccc(Cl)c1F. The van der Waals surface area contributed by atoms with Crippen molar-refractivity contribution in [2.75, 3.05) is 0 Å². The number of carbonyl (C=O) groups is 2. The van der Waals surface area contributed by atoms with Crippen LogP contribution in [-0.4, -0.2) is 22.8 Å². The number of thiazole rings is 1. The molecule has 0 aliphatic carbocycles. The zero-order valence-electron chi connectivity index (χ0n) is 11.2. The Morgan fingerprint density at radius 1 is 1.27 bits per heavy atom. The molecule has 1 aliphatic heterocycles. The number of carbonyl (C=O) groups excluding carboxylic acids is 2. The lowest BCUT2D eigenvalue weighted by Gasteiger charge is -2.28. The molecule has 1 aliphatic rings. The van der Waals surface area contributed by atoms with E-state index in [1.807, 2.05) is 0 Å². The highest BCUT2D eigenvalue weighted by molar-refractivity contribution is 7.07. The van der Waals surface area contributed by atoms with Gasteiger partial charge in [-0.15, -0.1) is 11.3 Å². The zero-order valence-corrected chi connectivity index (χ0v) is 12.7. The fourth-order valence-electron chi connectivity index (χ4n) is 2.27. The maximum atomic E-state index is 13.9. The smallest absolute Gasteiger partial charge is 0.249 e. The van der Waals surface area contributed by atoms with Crippen LogP contribution < -0.4 is 10.6 Å². The molecule has 1 aromatic heterocycles. The van der Waals surface area contributed by atoms with Gasteiger partial charge in [-0.25, -0.2) is 9.37 Å². The van der Waals surface area contributed by atoms with Crippen molar-refractivity contribution in [3.63, 3.8) is 0 Å². The lowest BCUT2D eigenvalue weighted by Crippen LogP contribution is -2.58. The van der Waals surface area contributed by atoms with Gasteiger partial charge < -0.3 is 10.6 Å². The highest BCUT2D eigenvalue weighted by Gasteiger charge is 2.35. The van der Waals surface area contributed by atoms with Crippen LogP contribution in [0.2, 0.25) is 5.02 Å². The van der Waals surface area contributed by atoms with E-state index < -0.39 is 17.9 Å². The summed E-state index contributed by atoms with van der Waals surface area (Å²) >= 11 is 7.05. The number of aromatic nitrogens is 1. The van der Waals surface area contributed by atoms with Crippen LogP contribution in [0.4, 0.5) is 4.39 Å². The Morgan fingerprint density at radius 2 is 2.09 bits per heavy atom. The minimum atomic E-state index is -0.838. The normalized spacial score (nSPS) is 21.4. The van der Waals surface area contributed by atoms with E-state index in [0.29, 0.717) is 5.69 Å². The topological polar surface area (TPSA) is 71.1 Å². The predicted octanol–water partition coefficient (Wildman–Crippen LogP) is 1.83. The van der Waals surface area contributed by atoms with Crippen LogP contribution in [0.5, 0.6) is 0 Å². The van der Waals surface area contributed by atoms with Gasteiger partial charge in [0.05, 0.1) is 16.2 Å². The van der Waals surface area contributed by atoms with E-state index >= 15 is 0 Å². The largest absolute Gasteiger partial charge is 0.342 e. The van der Waals surface area contributed by atoms with Crippen LogP contribution in [0.15, 0.2) is 29.1 Å². The van der Waals surface area contributed by atoms with Gasteiger partial charge in [-0.3, -0.25) is 9.59 Å². The Bertz CT molecular complexity index is 723. The Hall–Kier alpha value is -1.99. The molecule has 1 fully saturated rings. The van der Waals surface area contributed by atoms with Crippen molar-refractivity contribution < 1.29 is 14.0 Å². The van der Waals surface area contributed by atoms with Gasteiger partial charge in [-0.05, 0) is 11.6 Å². The van der Waals surface area contributed by atoms with E-state index in [9.17, 15) is 14.0 Å². The third kappa shape index (κ3) is 2.82. The highest BCUT2D eigenvalue weighted by Crippen LogP contribution is 2.21. The molecule has 22 heavy (non-hydrogen) atoms. The molecule has 2 amide bonds. The molecular weight excluding hydrogens is 329 g/mol. The fourth-order valence-corrected chi connectivity index (χ4v) is 3.05. The molecule has 5 nitrogen and oxygen atoms in total. The molecule has 114 valence electrons. The second-order valence-electron chi connectivity index (χ2n) is 4.83. The molecule has 2 aromatic rings. The fraction of sp³-hybridized carbons (Fsp3) is 0.214. The average Bonchev–Trinajstić information content (AvgIpc) is 3.01. The molecule has 3 rings (SSSR count). The van der Waals surface area contributed by atoms with E-state index in [4.69, 9.17) is 11.6 Å². The zero-order chi connectivity index (χ0) is 15.7. The van der Waals surface area contributed by atoms with Crippen LogP contribution in [-0.2, 0) is 16.0 Å². The second kappa shape index (κ2) is 6.02. The molecule has 1 saturated heterocycles. The minimum Gasteiger partial charge on any atom is -0.342 e. The van der Waals surface area contributed by atoms with E-state index in [1.54, 1.807) is 17.0 Å². The first-order valence-corrected chi connectivity index (χ1v) is 7.80. The molecule has 0 radical (unpaired) electrons. The van der Waals surface area contributed by atoms with E-state index in [-0.39, 0.29) is 28.8 Å². The first-order valence-electron chi connectivity index (χ1n) is 6.48. The number of nitrogens with one attached hydrogen (secondary N) is 2. The van der Waals surface area contributed by atoms with Gasteiger partial charge in [0.1, 0.15) is 11.9 Å². The van der Waals surface area contributed by atoms with Crippen molar-refractivity contribution in [2.24, 2.45) is 0 Å². The number of amides is 2. The molecule has 2 heterocycles. The predicted molar refractivity (Wildman–Crippen MR) is 80.0 cm³/mol. The Labute approximate surface area is 134 Å². The first-order chi connectivity index (χ1) is 10.6. The molecule has 0 bridgehead atoms. The van der Waals surface area contributed by atoms with E-state index in [2.05, 4.69) is 15.6 Å². The van der Waals surface area contributed by atoms with E-state index in [0.717, 1.165) is 0 Å². The number of nitrogens with zero attached hydrogens (tertiary/aromatic N) is 1. The Balaban J connectivity index is 1.76. The quantitative estimate of drug-likeness (QED) is 0.896. The summed E-state index contributed by atoms with van der Waals surface area (Å²) in [6, 6.07) is 2.92. The Morgan fingerprint density at radius 3 is 2.82 bits per heavy atom. The molecule has 2 N–H and O–H groups in total. The van der Waals surface area contributed by atoms with Crippen LogP contribution in [0, 0.1) is 5.82 Å². The van der Waals surface area contributed by atoms with Gasteiger partial charge in [0.25, 0.3) is 0 Å². The lowest BCUT2D eigenvalue weighted by atomic mass is 10.0. The van der Waals surface area contributed by atoms with Crippen LogP contribution in [0.3, 0.4) is 0 Å². The van der Waals surface area contributed by atoms with Crippen LogP contribution >= 0.6 is 22.9 Å². The van der Waals surface area contributed by atoms with Crippen molar-refractivity contribution in [3.05, 3.63) is 51.2 Å². The summed E-state index contributed by atoms with van der Waals surface area (Å²) in [5, 5.41) is 6.90. The maximum Gasteiger partial charge on any atom is 0.249 e. The second-order valence-corrected chi connectivity index (χ2v) is 5.96. The molecule has 8 heteroatoms. The summed E-state index contributed by atoms with van der Waals surface area (Å²) in [5.41, 5.74) is 2.35. The summed E-state index contributed by atoms with van der Waals surface area (Å²) in [4.78, 5) is 28.3. The summed E-state index contributed by atoms with van der Waals surface area (Å²) in [6.07, 6.45) is 0.0355.